The quantitative estimate of drug-likeness (QED) is 0.622. The van der Waals surface area contributed by atoms with Gasteiger partial charge in [0, 0.05) is 19.3 Å². The Morgan fingerprint density at radius 2 is 2.08 bits per heavy atom. The van der Waals surface area contributed by atoms with Crippen molar-refractivity contribution in [3.63, 3.8) is 0 Å². The Bertz CT molecular complexity index is 342. The molecule has 0 aromatic carbocycles. The Labute approximate surface area is 72.4 Å². The van der Waals surface area contributed by atoms with Crippen molar-refractivity contribution < 1.29 is 8.78 Å². The summed E-state index contributed by atoms with van der Waals surface area (Å²) in [4.78, 5) is 10.8. The van der Waals surface area contributed by atoms with Crippen LogP contribution in [0.4, 0.5) is 8.78 Å². The van der Waals surface area contributed by atoms with Gasteiger partial charge in [0.2, 0.25) is 5.56 Å². The third-order valence-electron chi connectivity index (χ3n) is 1.41. The van der Waals surface area contributed by atoms with E-state index in [0.717, 1.165) is 22.9 Å². The van der Waals surface area contributed by atoms with Crippen molar-refractivity contribution in [2.24, 2.45) is 7.05 Å². The summed E-state index contributed by atoms with van der Waals surface area (Å²) in [5.74, 6) is 0. The molecular formula is C7H6ClF2NO. The summed E-state index contributed by atoms with van der Waals surface area (Å²) in [6, 6.07) is 2.06. The number of aromatic nitrogens is 1. The zero-order valence-corrected chi connectivity index (χ0v) is 6.98. The van der Waals surface area contributed by atoms with E-state index in [-0.39, 0.29) is 11.1 Å². The third kappa shape index (κ3) is 1.82. The fourth-order valence-electron chi connectivity index (χ4n) is 0.762. The zero-order valence-electron chi connectivity index (χ0n) is 6.22. The maximum absolute atomic E-state index is 12.4. The van der Waals surface area contributed by atoms with Gasteiger partial charge in [-0.2, -0.15) is 8.78 Å². The van der Waals surface area contributed by atoms with Gasteiger partial charge in [-0.15, -0.1) is 0 Å². The first-order valence-corrected chi connectivity index (χ1v) is 3.53. The number of alkyl halides is 3. The van der Waals surface area contributed by atoms with Gasteiger partial charge in [-0.05, 0) is 17.7 Å². The lowest BCUT2D eigenvalue weighted by atomic mass is 10.3. The highest BCUT2D eigenvalue weighted by Crippen LogP contribution is 2.30. The second-order valence-corrected chi connectivity index (χ2v) is 2.84. The summed E-state index contributed by atoms with van der Waals surface area (Å²) in [5, 5.41) is -3.41. The average Bonchev–Trinajstić information content (AvgIpc) is 1.92. The van der Waals surface area contributed by atoms with Crippen molar-refractivity contribution in [3.8, 4) is 0 Å². The highest BCUT2D eigenvalue weighted by atomic mass is 35.5. The highest BCUT2D eigenvalue weighted by molar-refractivity contribution is 6.21. The van der Waals surface area contributed by atoms with Gasteiger partial charge in [-0.25, -0.2) is 0 Å². The fraction of sp³-hybridized carbons (Fsp3) is 0.286. The first kappa shape index (κ1) is 9.19. The van der Waals surface area contributed by atoms with E-state index < -0.39 is 5.38 Å². The standard InChI is InChI=1S/C7H6ClF2NO/c1-11-4-5(7(8,9)10)2-3-6(11)12/h2-4H,1H3. The molecule has 0 N–H and O–H groups in total. The molecule has 0 spiro atoms. The van der Waals surface area contributed by atoms with E-state index in [1.807, 2.05) is 0 Å². The van der Waals surface area contributed by atoms with E-state index in [4.69, 9.17) is 11.6 Å². The van der Waals surface area contributed by atoms with Crippen LogP contribution in [-0.4, -0.2) is 4.57 Å². The predicted octanol–water partition coefficient (Wildman–Crippen LogP) is 1.67. The Kier molecular flexibility index (Phi) is 2.19. The first-order valence-electron chi connectivity index (χ1n) is 3.15. The van der Waals surface area contributed by atoms with E-state index in [1.165, 1.54) is 7.05 Å². The molecule has 0 aliphatic carbocycles. The molecule has 0 saturated heterocycles. The van der Waals surface area contributed by atoms with Crippen LogP contribution in [0.25, 0.3) is 0 Å². The SMILES string of the molecule is Cn1cc(C(F)(F)Cl)ccc1=O. The molecule has 0 aliphatic heterocycles. The van der Waals surface area contributed by atoms with Crippen molar-refractivity contribution >= 4 is 11.6 Å². The second-order valence-electron chi connectivity index (χ2n) is 2.36. The molecule has 0 radical (unpaired) electrons. The molecule has 1 heterocycles. The molecule has 0 unspecified atom stereocenters. The largest absolute Gasteiger partial charge is 0.349 e. The molecule has 66 valence electrons. The van der Waals surface area contributed by atoms with Crippen LogP contribution in [0.5, 0.6) is 0 Å². The van der Waals surface area contributed by atoms with E-state index in [9.17, 15) is 13.6 Å². The van der Waals surface area contributed by atoms with Gasteiger partial charge in [0.1, 0.15) is 0 Å². The number of rotatable bonds is 1. The number of nitrogens with zero attached hydrogens (tertiary/aromatic N) is 1. The lowest BCUT2D eigenvalue weighted by molar-refractivity contribution is 0.0943. The van der Waals surface area contributed by atoms with Gasteiger partial charge in [-0.1, -0.05) is 0 Å². The van der Waals surface area contributed by atoms with Crippen LogP contribution in [-0.2, 0) is 12.4 Å². The average molecular weight is 194 g/mol. The van der Waals surface area contributed by atoms with Crippen molar-refractivity contribution in [1.29, 1.82) is 0 Å². The minimum Gasteiger partial charge on any atom is -0.318 e. The molecule has 0 aliphatic rings. The van der Waals surface area contributed by atoms with Crippen LogP contribution in [0, 0.1) is 0 Å². The molecule has 0 fully saturated rings. The van der Waals surface area contributed by atoms with Crippen LogP contribution in [0.2, 0.25) is 0 Å². The Morgan fingerprint density at radius 1 is 1.50 bits per heavy atom. The topological polar surface area (TPSA) is 22.0 Å². The number of hydrogen-bond donors (Lipinski definition) is 0. The summed E-state index contributed by atoms with van der Waals surface area (Å²) >= 11 is 4.73. The summed E-state index contributed by atoms with van der Waals surface area (Å²) in [6.45, 7) is 0. The lowest BCUT2D eigenvalue weighted by Crippen LogP contribution is -2.17. The van der Waals surface area contributed by atoms with E-state index in [2.05, 4.69) is 0 Å². The number of aryl methyl sites for hydroxylation is 1. The Morgan fingerprint density at radius 3 is 2.50 bits per heavy atom. The van der Waals surface area contributed by atoms with Gasteiger partial charge in [0.05, 0.1) is 5.56 Å². The molecule has 1 aromatic heterocycles. The molecule has 5 heteroatoms. The van der Waals surface area contributed by atoms with E-state index >= 15 is 0 Å². The smallest absolute Gasteiger partial charge is 0.318 e. The van der Waals surface area contributed by atoms with Crippen LogP contribution in [0.1, 0.15) is 5.56 Å². The zero-order chi connectivity index (χ0) is 9.35. The number of halogens is 3. The Hall–Kier alpha value is -0.900. The maximum Gasteiger partial charge on any atom is 0.349 e. The van der Waals surface area contributed by atoms with Crippen LogP contribution >= 0.6 is 11.6 Å². The minimum atomic E-state index is -3.41. The monoisotopic (exact) mass is 193 g/mol. The summed E-state index contributed by atoms with van der Waals surface area (Å²) in [7, 11) is 1.38. The summed E-state index contributed by atoms with van der Waals surface area (Å²) in [6.07, 6.45) is 1.01. The Balaban J connectivity index is 3.23. The molecule has 0 amide bonds. The van der Waals surface area contributed by atoms with Gasteiger partial charge in [-0.3, -0.25) is 4.79 Å². The minimum absolute atomic E-state index is 0.348. The number of hydrogen-bond acceptors (Lipinski definition) is 1. The first-order chi connectivity index (χ1) is 5.41. The predicted molar refractivity (Wildman–Crippen MR) is 41.4 cm³/mol. The van der Waals surface area contributed by atoms with Gasteiger partial charge >= 0.3 is 5.38 Å². The fourth-order valence-corrected chi connectivity index (χ4v) is 0.873. The van der Waals surface area contributed by atoms with Crippen molar-refractivity contribution in [2.75, 3.05) is 0 Å². The number of pyridine rings is 1. The highest BCUT2D eigenvalue weighted by Gasteiger charge is 2.27. The molecule has 2 nitrogen and oxygen atoms in total. The molecule has 1 aromatic rings. The second kappa shape index (κ2) is 2.86. The molecule has 0 atom stereocenters. The maximum atomic E-state index is 12.4. The van der Waals surface area contributed by atoms with Crippen LogP contribution in [0.3, 0.4) is 0 Å². The lowest BCUT2D eigenvalue weighted by Gasteiger charge is -2.08. The summed E-state index contributed by atoms with van der Waals surface area (Å²) < 4.78 is 25.9. The molecule has 0 bridgehead atoms. The van der Waals surface area contributed by atoms with Crippen LogP contribution in [0.15, 0.2) is 23.1 Å². The third-order valence-corrected chi connectivity index (χ3v) is 1.63. The van der Waals surface area contributed by atoms with Crippen molar-refractivity contribution in [3.05, 3.63) is 34.2 Å². The van der Waals surface area contributed by atoms with E-state index in [1.54, 1.807) is 0 Å². The molecule has 1 rings (SSSR count). The van der Waals surface area contributed by atoms with Crippen LogP contribution < -0.4 is 5.56 Å². The van der Waals surface area contributed by atoms with Gasteiger partial charge < -0.3 is 4.57 Å². The summed E-state index contributed by atoms with van der Waals surface area (Å²) in [5.41, 5.74) is -0.731. The van der Waals surface area contributed by atoms with Gasteiger partial charge in [0.15, 0.2) is 0 Å². The molecular weight excluding hydrogens is 188 g/mol. The van der Waals surface area contributed by atoms with Crippen molar-refractivity contribution in [2.45, 2.75) is 5.38 Å². The molecule has 12 heavy (non-hydrogen) atoms. The van der Waals surface area contributed by atoms with E-state index in [0.29, 0.717) is 0 Å². The normalized spacial score (nSPS) is 11.7. The van der Waals surface area contributed by atoms with Gasteiger partial charge in [0.25, 0.3) is 0 Å². The molecule has 0 saturated carbocycles. The van der Waals surface area contributed by atoms with Crippen molar-refractivity contribution in [1.82, 2.24) is 4.57 Å².